The molecule has 70 valence electrons. The highest BCUT2D eigenvalue weighted by atomic mass is 19.1. The van der Waals surface area contributed by atoms with Crippen LogP contribution in [0, 0.1) is 11.6 Å². The highest BCUT2D eigenvalue weighted by molar-refractivity contribution is 5.80. The summed E-state index contributed by atoms with van der Waals surface area (Å²) >= 11 is 0. The number of phenols is 1. The summed E-state index contributed by atoms with van der Waals surface area (Å²) in [4.78, 5) is 4.25. The van der Waals surface area contributed by atoms with Gasteiger partial charge in [0.1, 0.15) is 12.9 Å². The van der Waals surface area contributed by atoms with E-state index in [0.29, 0.717) is 0 Å². The van der Waals surface area contributed by atoms with E-state index >= 15 is 0 Å². The largest absolute Gasteiger partial charge is 0.505 e. The minimum absolute atomic E-state index is 0.429. The van der Waals surface area contributed by atoms with Crippen LogP contribution in [0.5, 0.6) is 5.75 Å². The fourth-order valence-corrected chi connectivity index (χ4v) is 0.782. The van der Waals surface area contributed by atoms with E-state index in [1.54, 1.807) is 0 Å². The zero-order valence-corrected chi connectivity index (χ0v) is 6.79. The molecule has 0 aliphatic rings. The summed E-state index contributed by atoms with van der Waals surface area (Å²) < 4.78 is 25.8. The maximum absolute atomic E-state index is 12.9. The van der Waals surface area contributed by atoms with Crippen LogP contribution >= 0.6 is 0 Å². The van der Waals surface area contributed by atoms with Crippen molar-refractivity contribution in [3.63, 3.8) is 0 Å². The van der Waals surface area contributed by atoms with Gasteiger partial charge in [-0.1, -0.05) is 5.16 Å². The number of oxime groups is 1. The molecule has 3 nitrogen and oxygen atoms in total. The average Bonchev–Trinajstić information content (AvgIpc) is 2.12. The molecule has 0 radical (unpaired) electrons. The lowest BCUT2D eigenvalue weighted by Gasteiger charge is -1.99. The Balaban J connectivity index is 3.17. The van der Waals surface area contributed by atoms with Crippen LogP contribution in [0.25, 0.3) is 0 Å². The average molecular weight is 187 g/mol. The molecule has 0 spiro atoms. The van der Waals surface area contributed by atoms with Crippen LogP contribution < -0.4 is 0 Å². The van der Waals surface area contributed by atoms with Crippen molar-refractivity contribution in [2.24, 2.45) is 5.16 Å². The third-order valence-corrected chi connectivity index (χ3v) is 1.39. The molecule has 0 aliphatic heterocycles. The molecule has 13 heavy (non-hydrogen) atoms. The van der Waals surface area contributed by atoms with Crippen molar-refractivity contribution < 1.29 is 18.7 Å². The van der Waals surface area contributed by atoms with Crippen molar-refractivity contribution in [2.75, 3.05) is 7.11 Å². The van der Waals surface area contributed by atoms with Crippen LogP contribution in [0.2, 0.25) is 0 Å². The molecule has 0 unspecified atom stereocenters. The molecular formula is C8H7F2NO2. The van der Waals surface area contributed by atoms with Crippen molar-refractivity contribution in [1.82, 2.24) is 0 Å². The predicted octanol–water partition coefficient (Wildman–Crippen LogP) is 1.65. The summed E-state index contributed by atoms with van der Waals surface area (Å²) in [6.07, 6.45) is 0.852. The van der Waals surface area contributed by atoms with E-state index in [4.69, 9.17) is 5.11 Å². The van der Waals surface area contributed by atoms with Crippen molar-refractivity contribution in [1.29, 1.82) is 0 Å². The SMILES string of the molecule is CO/N=C/c1c(F)ccc(O)c1F. The van der Waals surface area contributed by atoms with E-state index in [0.717, 1.165) is 18.3 Å². The summed E-state index contributed by atoms with van der Waals surface area (Å²) in [5, 5.41) is 12.1. The first kappa shape index (κ1) is 9.44. The molecule has 1 N–H and O–H groups in total. The molecule has 0 saturated carbocycles. The lowest BCUT2D eigenvalue weighted by atomic mass is 10.2. The molecule has 1 rings (SSSR count). The summed E-state index contributed by atoms with van der Waals surface area (Å²) in [6, 6.07) is 1.87. The van der Waals surface area contributed by atoms with E-state index in [-0.39, 0.29) is 0 Å². The van der Waals surface area contributed by atoms with Gasteiger partial charge in [-0.3, -0.25) is 0 Å². The molecule has 1 aromatic rings. The first-order valence-corrected chi connectivity index (χ1v) is 3.40. The normalized spacial score (nSPS) is 10.7. The van der Waals surface area contributed by atoms with Gasteiger partial charge in [-0.25, -0.2) is 8.78 Å². The summed E-state index contributed by atoms with van der Waals surface area (Å²) in [6.45, 7) is 0. The Labute approximate surface area is 73.2 Å². The van der Waals surface area contributed by atoms with Gasteiger partial charge in [-0.15, -0.1) is 0 Å². The molecule has 0 aliphatic carbocycles. The number of phenolic OH excluding ortho intramolecular Hbond substituents is 1. The Kier molecular flexibility index (Phi) is 2.79. The highest BCUT2D eigenvalue weighted by Crippen LogP contribution is 2.20. The highest BCUT2D eigenvalue weighted by Gasteiger charge is 2.10. The van der Waals surface area contributed by atoms with Gasteiger partial charge in [0.2, 0.25) is 0 Å². The zero-order valence-electron chi connectivity index (χ0n) is 6.79. The number of rotatable bonds is 2. The molecule has 0 saturated heterocycles. The molecule has 0 heterocycles. The monoisotopic (exact) mass is 187 g/mol. The zero-order chi connectivity index (χ0) is 9.84. The number of nitrogens with zero attached hydrogens (tertiary/aromatic N) is 1. The summed E-state index contributed by atoms with van der Waals surface area (Å²) in [5.74, 6) is -2.49. The Morgan fingerprint density at radius 1 is 1.46 bits per heavy atom. The summed E-state index contributed by atoms with van der Waals surface area (Å²) in [7, 11) is 1.25. The van der Waals surface area contributed by atoms with Crippen LogP contribution in [0.1, 0.15) is 5.56 Å². The minimum Gasteiger partial charge on any atom is -0.505 e. The van der Waals surface area contributed by atoms with Gasteiger partial charge in [0.25, 0.3) is 0 Å². The first-order valence-electron chi connectivity index (χ1n) is 3.40. The van der Waals surface area contributed by atoms with Crippen LogP contribution in [0.15, 0.2) is 17.3 Å². The predicted molar refractivity (Wildman–Crippen MR) is 42.6 cm³/mol. The van der Waals surface area contributed by atoms with Crippen molar-refractivity contribution >= 4 is 6.21 Å². The van der Waals surface area contributed by atoms with Crippen molar-refractivity contribution in [3.05, 3.63) is 29.3 Å². The standard InChI is InChI=1S/C8H7F2NO2/c1-13-11-4-5-6(9)2-3-7(12)8(5)10/h2-4,12H,1H3/b11-4+. The van der Waals surface area contributed by atoms with E-state index in [1.807, 2.05) is 0 Å². The van der Waals surface area contributed by atoms with Gasteiger partial charge in [-0.2, -0.15) is 0 Å². The number of halogens is 2. The van der Waals surface area contributed by atoms with E-state index in [2.05, 4.69) is 9.99 Å². The second kappa shape index (κ2) is 3.84. The van der Waals surface area contributed by atoms with Gasteiger partial charge >= 0.3 is 0 Å². The fourth-order valence-electron chi connectivity index (χ4n) is 0.782. The molecule has 1 aromatic carbocycles. The number of hydrogen-bond donors (Lipinski definition) is 1. The van der Waals surface area contributed by atoms with Crippen LogP contribution in [-0.4, -0.2) is 18.4 Å². The Bertz CT molecular complexity index is 339. The molecule has 0 bridgehead atoms. The smallest absolute Gasteiger partial charge is 0.176 e. The molecule has 0 fully saturated rings. The van der Waals surface area contributed by atoms with Gasteiger partial charge in [-0.05, 0) is 12.1 Å². The lowest BCUT2D eigenvalue weighted by molar-refractivity contribution is 0.215. The number of aromatic hydroxyl groups is 1. The Morgan fingerprint density at radius 3 is 2.77 bits per heavy atom. The Hall–Kier alpha value is -1.65. The number of benzene rings is 1. The maximum atomic E-state index is 12.9. The van der Waals surface area contributed by atoms with Crippen molar-refractivity contribution in [2.45, 2.75) is 0 Å². The molecule has 0 atom stereocenters. The second-order valence-corrected chi connectivity index (χ2v) is 2.21. The molecule has 0 aromatic heterocycles. The Morgan fingerprint density at radius 2 is 2.15 bits per heavy atom. The quantitative estimate of drug-likeness (QED) is 0.565. The van der Waals surface area contributed by atoms with Gasteiger partial charge in [0.15, 0.2) is 11.6 Å². The van der Waals surface area contributed by atoms with E-state index < -0.39 is 22.9 Å². The van der Waals surface area contributed by atoms with Gasteiger partial charge < -0.3 is 9.94 Å². The van der Waals surface area contributed by atoms with E-state index in [9.17, 15) is 8.78 Å². The van der Waals surface area contributed by atoms with E-state index in [1.165, 1.54) is 7.11 Å². The first-order chi connectivity index (χ1) is 6.16. The molecular weight excluding hydrogens is 180 g/mol. The topological polar surface area (TPSA) is 41.8 Å². The van der Waals surface area contributed by atoms with Crippen LogP contribution in [0.3, 0.4) is 0 Å². The van der Waals surface area contributed by atoms with Gasteiger partial charge in [0, 0.05) is 0 Å². The minimum atomic E-state index is -1.05. The third-order valence-electron chi connectivity index (χ3n) is 1.39. The lowest BCUT2D eigenvalue weighted by Crippen LogP contribution is -1.94. The maximum Gasteiger partial charge on any atom is 0.176 e. The molecule has 5 heteroatoms. The summed E-state index contributed by atoms with van der Waals surface area (Å²) in [5.41, 5.74) is -0.429. The fraction of sp³-hybridized carbons (Fsp3) is 0.125. The van der Waals surface area contributed by atoms with Crippen LogP contribution in [0.4, 0.5) is 8.78 Å². The number of hydrogen-bond acceptors (Lipinski definition) is 3. The van der Waals surface area contributed by atoms with Crippen molar-refractivity contribution in [3.8, 4) is 5.75 Å². The third kappa shape index (κ3) is 1.93. The van der Waals surface area contributed by atoms with Gasteiger partial charge in [0.05, 0.1) is 11.8 Å². The van der Waals surface area contributed by atoms with Crippen LogP contribution in [-0.2, 0) is 4.84 Å². The molecule has 0 amide bonds. The second-order valence-electron chi connectivity index (χ2n) is 2.21.